The molecule has 254 valence electrons. The Morgan fingerprint density at radius 1 is 0.377 bits per heavy atom. The summed E-state index contributed by atoms with van der Waals surface area (Å²) < 4.78 is 16.6. The number of nitrogens with zero attached hydrogens (tertiary/aromatic N) is 5. The Morgan fingerprint density at radius 3 is 1.26 bits per heavy atom. The molecule has 0 atom stereocenters. The van der Waals surface area contributed by atoms with Crippen molar-refractivity contribution in [2.24, 2.45) is 0 Å². The van der Waals surface area contributed by atoms with Gasteiger partial charge >= 0.3 is 0 Å². The van der Waals surface area contributed by atoms with Gasteiger partial charge in [0, 0.05) is 37.1 Å². The molecule has 2 aliphatic rings. The number of aromatic nitrogens is 3. The Bertz CT molecular complexity index is 2500. The smallest absolute Gasteiger partial charge is 0.168 e. The predicted molar refractivity (Wildman–Crippen MR) is 217 cm³/mol. The predicted octanol–water partition coefficient (Wildman–Crippen LogP) is 13.3. The average molecular weight is 818 g/mol. The van der Waals surface area contributed by atoms with Gasteiger partial charge in [-0.3, -0.25) is 4.57 Å². The molecule has 0 saturated heterocycles. The molecule has 0 N–H and O–H groups in total. The molecule has 7 nitrogen and oxygen atoms in total. The molecule has 0 bridgehead atoms. The molecule has 9 heteroatoms. The van der Waals surface area contributed by atoms with Gasteiger partial charge in [-0.15, -0.1) is 10.2 Å². The normalized spacial score (nSPS) is 12.6. The fourth-order valence-corrected chi connectivity index (χ4v) is 7.70. The monoisotopic (exact) mass is 815 g/mol. The van der Waals surface area contributed by atoms with Crippen LogP contribution in [0, 0.1) is 0 Å². The van der Waals surface area contributed by atoms with Gasteiger partial charge in [-0.1, -0.05) is 74.3 Å². The molecule has 0 radical (unpaired) electrons. The molecule has 0 fully saturated rings. The van der Waals surface area contributed by atoms with Gasteiger partial charge in [0.15, 0.2) is 34.6 Å². The van der Waals surface area contributed by atoms with E-state index in [0.717, 1.165) is 94.5 Å². The number of hydrogen-bond donors (Lipinski definition) is 0. The number of anilines is 6. The van der Waals surface area contributed by atoms with E-state index < -0.39 is 0 Å². The van der Waals surface area contributed by atoms with Crippen LogP contribution >= 0.6 is 31.9 Å². The molecule has 53 heavy (non-hydrogen) atoms. The number of benzene rings is 7. The lowest BCUT2D eigenvalue weighted by molar-refractivity contribution is 0.476. The number of rotatable bonds is 5. The van der Waals surface area contributed by atoms with E-state index >= 15 is 0 Å². The van der Waals surface area contributed by atoms with Gasteiger partial charge in [-0.25, -0.2) is 0 Å². The standard InChI is InChI=1S/C44H27Br2N5O2/c45-30-18-24-37-41(26-30)52-39-12-6-4-10-35(39)49(37)33-20-14-28(15-21-33)43-47-48-44(51(43)32-8-2-1-3-9-32)29-16-22-34(23-17-29)50-36-11-5-7-13-40(36)53-42-27-31(46)19-25-38(42)50/h1-27H. The Labute approximate surface area is 322 Å². The first-order valence-corrected chi connectivity index (χ1v) is 18.6. The van der Waals surface area contributed by atoms with Gasteiger partial charge in [-0.2, -0.15) is 0 Å². The maximum atomic E-state index is 6.29. The molecule has 8 aromatic rings. The van der Waals surface area contributed by atoms with Gasteiger partial charge in [0.25, 0.3) is 0 Å². The van der Waals surface area contributed by atoms with Crippen LogP contribution in [0.5, 0.6) is 23.0 Å². The van der Waals surface area contributed by atoms with Crippen LogP contribution < -0.4 is 19.3 Å². The van der Waals surface area contributed by atoms with E-state index in [0.29, 0.717) is 0 Å². The van der Waals surface area contributed by atoms with Crippen LogP contribution in [-0.2, 0) is 0 Å². The third-order valence-electron chi connectivity index (χ3n) is 9.42. The van der Waals surface area contributed by atoms with E-state index in [9.17, 15) is 0 Å². The Balaban J connectivity index is 1.04. The maximum absolute atomic E-state index is 6.29. The summed E-state index contributed by atoms with van der Waals surface area (Å²) in [6.45, 7) is 0. The van der Waals surface area contributed by atoms with E-state index in [1.165, 1.54) is 0 Å². The maximum Gasteiger partial charge on any atom is 0.168 e. The Morgan fingerprint density at radius 2 is 0.792 bits per heavy atom. The third kappa shape index (κ3) is 5.48. The van der Waals surface area contributed by atoms with Crippen molar-refractivity contribution in [2.45, 2.75) is 0 Å². The van der Waals surface area contributed by atoms with Crippen LogP contribution in [0.4, 0.5) is 34.1 Å². The first-order chi connectivity index (χ1) is 26.1. The lowest BCUT2D eigenvalue weighted by Crippen LogP contribution is -2.15. The number of halogens is 2. The first-order valence-electron chi connectivity index (χ1n) is 17.0. The van der Waals surface area contributed by atoms with Gasteiger partial charge in [0.05, 0.1) is 22.7 Å². The summed E-state index contributed by atoms with van der Waals surface area (Å²) >= 11 is 7.20. The minimum atomic E-state index is 0.746. The minimum Gasteiger partial charge on any atom is -0.453 e. The highest BCUT2D eigenvalue weighted by atomic mass is 79.9. The topological polar surface area (TPSA) is 55.6 Å². The van der Waals surface area contributed by atoms with Crippen molar-refractivity contribution in [3.05, 3.63) is 173 Å². The second-order valence-corrected chi connectivity index (χ2v) is 14.5. The molecule has 0 aliphatic carbocycles. The van der Waals surface area contributed by atoms with Gasteiger partial charge < -0.3 is 19.3 Å². The van der Waals surface area contributed by atoms with Gasteiger partial charge in [0.2, 0.25) is 0 Å². The van der Waals surface area contributed by atoms with Crippen molar-refractivity contribution in [3.8, 4) is 51.5 Å². The second-order valence-electron chi connectivity index (χ2n) is 12.6. The molecule has 3 heterocycles. The van der Waals surface area contributed by atoms with E-state index in [-0.39, 0.29) is 0 Å². The first kappa shape index (κ1) is 31.6. The van der Waals surface area contributed by atoms with E-state index in [2.05, 4.69) is 131 Å². The summed E-state index contributed by atoms with van der Waals surface area (Å²) in [5, 5.41) is 9.57. The van der Waals surface area contributed by atoms with Crippen LogP contribution in [0.3, 0.4) is 0 Å². The summed E-state index contributed by atoms with van der Waals surface area (Å²) in [7, 11) is 0. The van der Waals surface area contributed by atoms with E-state index in [1.807, 2.05) is 78.9 Å². The zero-order chi connectivity index (χ0) is 35.5. The molecule has 2 aliphatic heterocycles. The number of para-hydroxylation sites is 5. The highest BCUT2D eigenvalue weighted by Crippen LogP contribution is 2.52. The zero-order valence-electron chi connectivity index (χ0n) is 27.9. The van der Waals surface area contributed by atoms with Gasteiger partial charge in [0.1, 0.15) is 0 Å². The molecule has 0 saturated carbocycles. The van der Waals surface area contributed by atoms with Crippen molar-refractivity contribution < 1.29 is 9.47 Å². The Hall–Kier alpha value is -6.16. The summed E-state index contributed by atoms with van der Waals surface area (Å²) in [5.41, 5.74) is 8.76. The summed E-state index contributed by atoms with van der Waals surface area (Å²) in [4.78, 5) is 4.45. The van der Waals surface area contributed by atoms with Crippen LogP contribution in [0.1, 0.15) is 0 Å². The van der Waals surface area contributed by atoms with Crippen molar-refractivity contribution >= 4 is 66.0 Å². The highest BCUT2D eigenvalue weighted by molar-refractivity contribution is 9.10. The van der Waals surface area contributed by atoms with Crippen LogP contribution in [0.25, 0.3) is 28.5 Å². The lowest BCUT2D eigenvalue weighted by atomic mass is 10.1. The van der Waals surface area contributed by atoms with Crippen molar-refractivity contribution in [3.63, 3.8) is 0 Å². The summed E-state index contributed by atoms with van der Waals surface area (Å²) in [5.74, 6) is 4.67. The largest absolute Gasteiger partial charge is 0.453 e. The molecule has 0 amide bonds. The van der Waals surface area contributed by atoms with Gasteiger partial charge in [-0.05, 0) is 121 Å². The molecule has 7 aromatic carbocycles. The minimum absolute atomic E-state index is 0.746. The number of fused-ring (bicyclic) bond motifs is 4. The summed E-state index contributed by atoms with van der Waals surface area (Å²) in [6, 6.07) is 55.6. The molecule has 10 rings (SSSR count). The fraction of sp³-hybridized carbons (Fsp3) is 0. The van der Waals surface area contributed by atoms with Crippen molar-refractivity contribution in [1.29, 1.82) is 0 Å². The molecular formula is C44H27Br2N5O2. The Kier molecular flexibility index (Phi) is 7.63. The van der Waals surface area contributed by atoms with E-state index in [4.69, 9.17) is 19.7 Å². The fourth-order valence-electron chi connectivity index (χ4n) is 7.02. The molecular weight excluding hydrogens is 790 g/mol. The number of ether oxygens (including phenoxy) is 2. The lowest BCUT2D eigenvalue weighted by Gasteiger charge is -2.33. The quantitative estimate of drug-likeness (QED) is 0.172. The molecule has 0 spiro atoms. The molecule has 0 unspecified atom stereocenters. The number of hydrogen-bond acceptors (Lipinski definition) is 6. The third-order valence-corrected chi connectivity index (χ3v) is 10.4. The SMILES string of the molecule is Brc1ccc2c(c1)Oc1ccccc1N2c1ccc(-c2nnc(-c3ccc(N4c5ccccc5Oc5cc(Br)ccc54)cc3)n2-c2ccccc2)cc1. The molecule has 1 aromatic heterocycles. The van der Waals surface area contributed by atoms with Crippen molar-refractivity contribution in [2.75, 3.05) is 9.80 Å². The van der Waals surface area contributed by atoms with Crippen LogP contribution in [0.15, 0.2) is 173 Å². The highest BCUT2D eigenvalue weighted by Gasteiger charge is 2.28. The summed E-state index contributed by atoms with van der Waals surface area (Å²) in [6.07, 6.45) is 0. The van der Waals surface area contributed by atoms with Crippen molar-refractivity contribution in [1.82, 2.24) is 14.8 Å². The zero-order valence-corrected chi connectivity index (χ0v) is 31.1. The average Bonchev–Trinajstić information content (AvgIpc) is 3.65. The second kappa shape index (κ2) is 12.8. The van der Waals surface area contributed by atoms with Crippen LogP contribution in [0.2, 0.25) is 0 Å². The van der Waals surface area contributed by atoms with E-state index in [1.54, 1.807) is 0 Å². The van der Waals surface area contributed by atoms with Crippen LogP contribution in [-0.4, -0.2) is 14.8 Å².